The minimum absolute atomic E-state index is 0.00407. The van der Waals surface area contributed by atoms with E-state index >= 15 is 0 Å². The molecule has 2 saturated carbocycles. The number of fused-ring (bicyclic) bond motifs is 2. The van der Waals surface area contributed by atoms with Gasteiger partial charge in [-0.2, -0.15) is 4.31 Å². The third-order valence-corrected chi connectivity index (χ3v) is 10.5. The molecule has 2 bridgehead atoms. The van der Waals surface area contributed by atoms with Crippen LogP contribution in [0.15, 0.2) is 53.4 Å². The highest BCUT2D eigenvalue weighted by atomic mass is 32.2. The third-order valence-electron chi connectivity index (χ3n) is 8.58. The fourth-order valence-corrected chi connectivity index (χ4v) is 8.07. The molecular formula is C28H36N2O5S. The summed E-state index contributed by atoms with van der Waals surface area (Å²) in [7, 11) is -3.88. The van der Waals surface area contributed by atoms with Gasteiger partial charge in [-0.05, 0) is 59.8 Å². The van der Waals surface area contributed by atoms with Crippen molar-refractivity contribution in [1.29, 1.82) is 0 Å². The van der Waals surface area contributed by atoms with Crippen LogP contribution in [0.3, 0.4) is 0 Å². The van der Waals surface area contributed by atoms with E-state index in [2.05, 4.69) is 26.1 Å². The van der Waals surface area contributed by atoms with E-state index in [4.69, 9.17) is 9.47 Å². The highest BCUT2D eigenvalue weighted by Gasteiger charge is 2.59. The Balaban J connectivity index is 1.44. The van der Waals surface area contributed by atoms with Gasteiger partial charge >= 0.3 is 0 Å². The van der Waals surface area contributed by atoms with Crippen LogP contribution in [0.2, 0.25) is 0 Å². The molecular weight excluding hydrogens is 476 g/mol. The molecule has 3 aliphatic rings. The van der Waals surface area contributed by atoms with Gasteiger partial charge in [-0.3, -0.25) is 4.79 Å². The van der Waals surface area contributed by atoms with Crippen molar-refractivity contribution in [2.24, 2.45) is 16.7 Å². The van der Waals surface area contributed by atoms with Gasteiger partial charge in [0, 0.05) is 24.7 Å². The number of sulfonamides is 1. The van der Waals surface area contributed by atoms with Crippen LogP contribution in [0.4, 0.5) is 0 Å². The van der Waals surface area contributed by atoms with Crippen LogP contribution in [-0.4, -0.2) is 51.0 Å². The first kappa shape index (κ1) is 25.2. The average Bonchev–Trinajstić information content (AvgIpc) is 3.37. The molecule has 0 aromatic heterocycles. The summed E-state index contributed by atoms with van der Waals surface area (Å²) in [6, 6.07) is 14.4. The summed E-state index contributed by atoms with van der Waals surface area (Å²) >= 11 is 0. The van der Waals surface area contributed by atoms with Gasteiger partial charge in [0.05, 0.1) is 13.2 Å². The zero-order chi connectivity index (χ0) is 25.6. The van der Waals surface area contributed by atoms with E-state index < -0.39 is 10.0 Å². The maximum Gasteiger partial charge on any atom is 0.251 e. The number of nitrogens with one attached hydrogen (secondary N) is 1. The van der Waals surface area contributed by atoms with Gasteiger partial charge in [0.15, 0.2) is 0 Å². The highest BCUT2D eigenvalue weighted by molar-refractivity contribution is 7.89. The van der Waals surface area contributed by atoms with E-state index in [1.165, 1.54) is 16.8 Å². The predicted molar refractivity (Wildman–Crippen MR) is 137 cm³/mol. The van der Waals surface area contributed by atoms with Gasteiger partial charge in [0.1, 0.15) is 17.3 Å². The lowest BCUT2D eigenvalue weighted by Gasteiger charge is -2.43. The van der Waals surface area contributed by atoms with Crippen molar-refractivity contribution in [2.45, 2.75) is 57.6 Å². The van der Waals surface area contributed by atoms with E-state index in [-0.39, 0.29) is 53.1 Å². The second-order valence-corrected chi connectivity index (χ2v) is 13.2. The molecule has 1 N–H and O–H groups in total. The Bertz CT molecular complexity index is 1220. The first-order valence-electron chi connectivity index (χ1n) is 12.8. The number of nitrogens with zero attached hydrogens (tertiary/aromatic N) is 1. The van der Waals surface area contributed by atoms with Gasteiger partial charge in [0.2, 0.25) is 10.0 Å². The Morgan fingerprint density at radius 1 is 1.11 bits per heavy atom. The fourth-order valence-electron chi connectivity index (χ4n) is 6.51. The zero-order valence-corrected chi connectivity index (χ0v) is 22.1. The van der Waals surface area contributed by atoms with Crippen molar-refractivity contribution >= 4 is 15.9 Å². The molecule has 0 radical (unpaired) electrons. The van der Waals surface area contributed by atoms with Crippen molar-refractivity contribution in [3.63, 3.8) is 0 Å². The molecule has 5 rings (SSSR count). The number of carbonyl (C=O) groups is 1. The van der Waals surface area contributed by atoms with Crippen LogP contribution < -0.4 is 10.1 Å². The molecule has 1 heterocycles. The minimum atomic E-state index is -3.88. The molecule has 1 saturated heterocycles. The summed E-state index contributed by atoms with van der Waals surface area (Å²) in [4.78, 5) is 13.5. The number of ether oxygens (including phenoxy) is 2. The maximum absolute atomic E-state index is 13.7. The highest BCUT2D eigenvalue weighted by Crippen LogP contribution is 2.62. The molecule has 194 valence electrons. The number of morpholine rings is 1. The summed E-state index contributed by atoms with van der Waals surface area (Å²) in [6.45, 7) is 8.20. The Hall–Kier alpha value is -2.42. The Labute approximate surface area is 214 Å². The fraction of sp³-hybridized carbons (Fsp3) is 0.536. The first-order chi connectivity index (χ1) is 17.1. The first-order valence-corrected chi connectivity index (χ1v) is 14.2. The number of benzene rings is 2. The SMILES string of the molecule is CC1(C)C(NC(=O)c2ccc(OCc3ccccc3)c(S(=O)(=O)N3CCOCC3)c2)[C@@]2(C)CC[C@@H]1C2. The molecule has 2 aromatic carbocycles. The van der Waals surface area contributed by atoms with Crippen LogP contribution in [0.25, 0.3) is 0 Å². The Morgan fingerprint density at radius 2 is 1.83 bits per heavy atom. The number of hydrogen-bond donors (Lipinski definition) is 1. The Morgan fingerprint density at radius 3 is 2.50 bits per heavy atom. The number of hydrogen-bond acceptors (Lipinski definition) is 5. The third kappa shape index (κ3) is 4.55. The number of carbonyl (C=O) groups excluding carboxylic acids is 1. The largest absolute Gasteiger partial charge is 0.487 e. The lowest BCUT2D eigenvalue weighted by atomic mass is 9.68. The maximum atomic E-state index is 13.7. The summed E-state index contributed by atoms with van der Waals surface area (Å²) < 4.78 is 40.1. The summed E-state index contributed by atoms with van der Waals surface area (Å²) in [6.07, 6.45) is 3.42. The topological polar surface area (TPSA) is 84.9 Å². The van der Waals surface area contributed by atoms with Gasteiger partial charge in [-0.1, -0.05) is 51.1 Å². The second-order valence-electron chi connectivity index (χ2n) is 11.3. The average molecular weight is 513 g/mol. The zero-order valence-electron chi connectivity index (χ0n) is 21.3. The molecule has 1 aliphatic heterocycles. The monoisotopic (exact) mass is 512 g/mol. The minimum Gasteiger partial charge on any atom is -0.487 e. The molecule has 1 amide bonds. The van der Waals surface area contributed by atoms with E-state index in [9.17, 15) is 13.2 Å². The number of rotatable bonds is 7. The predicted octanol–water partition coefficient (Wildman–Crippen LogP) is 4.23. The van der Waals surface area contributed by atoms with E-state index in [1.54, 1.807) is 12.1 Å². The molecule has 8 heteroatoms. The van der Waals surface area contributed by atoms with E-state index in [1.807, 2.05) is 30.3 Å². The van der Waals surface area contributed by atoms with Crippen molar-refractivity contribution in [1.82, 2.24) is 9.62 Å². The van der Waals surface area contributed by atoms with Crippen LogP contribution in [-0.2, 0) is 21.4 Å². The summed E-state index contributed by atoms with van der Waals surface area (Å²) in [5, 5.41) is 3.28. The van der Waals surface area contributed by atoms with Gasteiger partial charge in [0.25, 0.3) is 5.91 Å². The van der Waals surface area contributed by atoms with Crippen LogP contribution in [0, 0.1) is 16.7 Å². The second kappa shape index (κ2) is 9.47. The van der Waals surface area contributed by atoms with Crippen LogP contribution in [0.5, 0.6) is 5.75 Å². The molecule has 0 spiro atoms. The molecule has 2 aliphatic carbocycles. The van der Waals surface area contributed by atoms with Crippen molar-refractivity contribution in [2.75, 3.05) is 26.3 Å². The lowest BCUT2D eigenvalue weighted by Crippen LogP contribution is -2.52. The van der Waals surface area contributed by atoms with Crippen molar-refractivity contribution in [3.8, 4) is 5.75 Å². The van der Waals surface area contributed by atoms with Crippen molar-refractivity contribution in [3.05, 3.63) is 59.7 Å². The summed E-state index contributed by atoms with van der Waals surface area (Å²) in [5.41, 5.74) is 1.34. The molecule has 2 aromatic rings. The van der Waals surface area contributed by atoms with Crippen molar-refractivity contribution < 1.29 is 22.7 Å². The lowest BCUT2D eigenvalue weighted by molar-refractivity contribution is 0.0727. The van der Waals surface area contributed by atoms with Gasteiger partial charge < -0.3 is 14.8 Å². The van der Waals surface area contributed by atoms with Crippen LogP contribution >= 0.6 is 0 Å². The molecule has 3 atom stereocenters. The molecule has 7 nitrogen and oxygen atoms in total. The smallest absolute Gasteiger partial charge is 0.251 e. The van der Waals surface area contributed by atoms with Gasteiger partial charge in [-0.15, -0.1) is 0 Å². The van der Waals surface area contributed by atoms with E-state index in [0.29, 0.717) is 24.7 Å². The normalized spacial score (nSPS) is 27.6. The molecule has 3 fully saturated rings. The molecule has 1 unspecified atom stereocenters. The van der Waals surface area contributed by atoms with Gasteiger partial charge in [-0.25, -0.2) is 8.42 Å². The summed E-state index contributed by atoms with van der Waals surface area (Å²) in [5.74, 6) is 0.600. The number of amides is 1. The Kier molecular flexibility index (Phi) is 6.64. The van der Waals surface area contributed by atoms with E-state index in [0.717, 1.165) is 18.4 Å². The molecule has 36 heavy (non-hydrogen) atoms. The quantitative estimate of drug-likeness (QED) is 0.600. The standard InChI is InChI=1S/C28H36N2O5S/c1-27(2)22-11-12-28(3,18-22)26(27)29-25(31)21-9-10-23(35-19-20-7-5-4-6-8-20)24(17-21)36(32,33)30-13-15-34-16-14-30/h4-10,17,22,26H,11-16,18-19H2,1-3H3,(H,29,31)/t22-,26?,28+/m1/s1. The van der Waals surface area contributed by atoms with Crippen LogP contribution in [0.1, 0.15) is 56.0 Å².